The molecule has 19 heavy (non-hydrogen) atoms. The molecule has 102 valence electrons. The van der Waals surface area contributed by atoms with Crippen LogP contribution in [0.5, 0.6) is 0 Å². The second-order valence-electron chi connectivity index (χ2n) is 3.92. The minimum absolute atomic E-state index is 0.194. The van der Waals surface area contributed by atoms with Crippen molar-refractivity contribution < 1.29 is 8.42 Å². The number of para-hydroxylation sites is 1. The number of sulfonamides is 1. The fourth-order valence-corrected chi connectivity index (χ4v) is 4.54. The highest BCUT2D eigenvalue weighted by atomic mass is 35.5. The molecule has 0 aliphatic heterocycles. The largest absolute Gasteiger partial charge is 0.279 e. The molecule has 0 fully saturated rings. The molecule has 1 heterocycles. The van der Waals surface area contributed by atoms with Crippen LogP contribution >= 0.6 is 34.5 Å². The molecular formula is C12H11Cl2NO2S2. The normalized spacial score (nSPS) is 11.5. The van der Waals surface area contributed by atoms with Crippen LogP contribution in [0.2, 0.25) is 4.34 Å². The third-order valence-electron chi connectivity index (χ3n) is 2.51. The van der Waals surface area contributed by atoms with Crippen molar-refractivity contribution in [2.75, 3.05) is 4.72 Å². The highest BCUT2D eigenvalue weighted by Gasteiger charge is 2.19. The number of alkyl halides is 1. The van der Waals surface area contributed by atoms with Gasteiger partial charge in [0.15, 0.2) is 0 Å². The number of thiophene rings is 1. The summed E-state index contributed by atoms with van der Waals surface area (Å²) in [7, 11) is -3.62. The van der Waals surface area contributed by atoms with E-state index in [1.165, 1.54) is 0 Å². The van der Waals surface area contributed by atoms with Gasteiger partial charge in [-0.25, -0.2) is 8.42 Å². The predicted molar refractivity (Wildman–Crippen MR) is 80.9 cm³/mol. The van der Waals surface area contributed by atoms with Gasteiger partial charge in [0.25, 0.3) is 10.0 Å². The fourth-order valence-electron chi connectivity index (χ4n) is 1.50. The SMILES string of the molecule is Cc1cc(S(=O)(=O)Nc2ccccc2CCl)sc1Cl. The molecule has 0 radical (unpaired) electrons. The van der Waals surface area contributed by atoms with Gasteiger partial charge in [0.05, 0.1) is 10.0 Å². The number of benzene rings is 1. The molecule has 2 rings (SSSR count). The molecule has 0 spiro atoms. The maximum Gasteiger partial charge on any atom is 0.271 e. The number of aryl methyl sites for hydroxylation is 1. The minimum Gasteiger partial charge on any atom is -0.279 e. The summed E-state index contributed by atoms with van der Waals surface area (Å²) in [5.74, 6) is 0.239. The van der Waals surface area contributed by atoms with Gasteiger partial charge in [-0.3, -0.25) is 4.72 Å². The fraction of sp³-hybridized carbons (Fsp3) is 0.167. The van der Waals surface area contributed by atoms with Crippen LogP contribution in [0.1, 0.15) is 11.1 Å². The summed E-state index contributed by atoms with van der Waals surface area (Å²) < 4.78 is 27.7. The van der Waals surface area contributed by atoms with Crippen molar-refractivity contribution >= 4 is 50.2 Å². The van der Waals surface area contributed by atoms with Gasteiger partial charge in [-0.15, -0.1) is 22.9 Å². The molecule has 2 aromatic rings. The van der Waals surface area contributed by atoms with Crippen LogP contribution in [0.3, 0.4) is 0 Å². The molecule has 3 nitrogen and oxygen atoms in total. The van der Waals surface area contributed by atoms with E-state index >= 15 is 0 Å². The first-order valence-corrected chi connectivity index (χ1v) is 8.58. The number of nitrogens with one attached hydrogen (secondary N) is 1. The third kappa shape index (κ3) is 3.23. The summed E-state index contributed by atoms with van der Waals surface area (Å²) in [4.78, 5) is 0. The van der Waals surface area contributed by atoms with Gasteiger partial charge in [0, 0.05) is 5.88 Å². The zero-order chi connectivity index (χ0) is 14.0. The lowest BCUT2D eigenvalue weighted by atomic mass is 10.2. The lowest BCUT2D eigenvalue weighted by Gasteiger charge is -2.09. The molecule has 1 aromatic heterocycles. The molecule has 0 saturated heterocycles. The van der Waals surface area contributed by atoms with Crippen molar-refractivity contribution in [3.63, 3.8) is 0 Å². The van der Waals surface area contributed by atoms with E-state index in [-0.39, 0.29) is 10.1 Å². The van der Waals surface area contributed by atoms with Crippen LogP contribution in [0.25, 0.3) is 0 Å². The van der Waals surface area contributed by atoms with Gasteiger partial charge in [-0.1, -0.05) is 29.8 Å². The molecule has 1 aromatic carbocycles. The number of hydrogen-bond donors (Lipinski definition) is 1. The zero-order valence-electron chi connectivity index (χ0n) is 9.98. The molecule has 0 aliphatic rings. The Bertz CT molecular complexity index is 676. The van der Waals surface area contributed by atoms with Crippen molar-refractivity contribution in [2.45, 2.75) is 17.0 Å². The lowest BCUT2D eigenvalue weighted by Crippen LogP contribution is -2.12. The molecule has 0 aliphatic carbocycles. The lowest BCUT2D eigenvalue weighted by molar-refractivity contribution is 0.603. The third-order valence-corrected chi connectivity index (χ3v) is 6.19. The van der Waals surface area contributed by atoms with Crippen molar-refractivity contribution in [3.8, 4) is 0 Å². The maximum atomic E-state index is 12.2. The van der Waals surface area contributed by atoms with Crippen molar-refractivity contribution in [3.05, 3.63) is 45.8 Å². The Morgan fingerprint density at radius 2 is 2.00 bits per heavy atom. The Balaban J connectivity index is 2.36. The second-order valence-corrected chi connectivity index (χ2v) is 7.75. The first-order chi connectivity index (χ1) is 8.94. The van der Waals surface area contributed by atoms with Crippen molar-refractivity contribution in [2.24, 2.45) is 0 Å². The summed E-state index contributed by atoms with van der Waals surface area (Å²) in [6.07, 6.45) is 0. The van der Waals surface area contributed by atoms with E-state index in [4.69, 9.17) is 23.2 Å². The number of halogens is 2. The molecule has 0 atom stereocenters. The van der Waals surface area contributed by atoms with Gasteiger partial charge in [0.2, 0.25) is 0 Å². The highest BCUT2D eigenvalue weighted by molar-refractivity contribution is 7.94. The number of hydrogen-bond acceptors (Lipinski definition) is 3. The number of anilines is 1. The summed E-state index contributed by atoms with van der Waals surface area (Å²) in [5.41, 5.74) is 1.96. The van der Waals surface area contributed by atoms with Crippen LogP contribution in [-0.4, -0.2) is 8.42 Å². The minimum atomic E-state index is -3.62. The van der Waals surface area contributed by atoms with E-state index in [2.05, 4.69) is 4.72 Å². The van der Waals surface area contributed by atoms with Gasteiger partial charge < -0.3 is 0 Å². The van der Waals surface area contributed by atoms with Crippen LogP contribution in [0.4, 0.5) is 5.69 Å². The number of rotatable bonds is 4. The Labute approximate surface area is 126 Å². The average Bonchev–Trinajstić information content (AvgIpc) is 2.71. The summed E-state index contributed by atoms with van der Waals surface area (Å²) >= 11 is 12.7. The summed E-state index contributed by atoms with van der Waals surface area (Å²) in [6.45, 7) is 1.77. The molecule has 0 unspecified atom stereocenters. The zero-order valence-corrected chi connectivity index (χ0v) is 13.1. The van der Waals surface area contributed by atoms with Crippen LogP contribution in [0, 0.1) is 6.92 Å². The molecule has 0 saturated carbocycles. The second kappa shape index (κ2) is 5.71. The van der Waals surface area contributed by atoms with E-state index in [0.29, 0.717) is 10.0 Å². The van der Waals surface area contributed by atoms with Crippen LogP contribution < -0.4 is 4.72 Å². The Kier molecular flexibility index (Phi) is 4.40. The standard InChI is InChI=1S/C12H11Cl2NO2S2/c1-8-6-11(18-12(8)14)19(16,17)15-10-5-3-2-4-9(10)7-13/h2-6,15H,7H2,1H3. The maximum absolute atomic E-state index is 12.2. The van der Waals surface area contributed by atoms with E-state index < -0.39 is 10.0 Å². The monoisotopic (exact) mass is 335 g/mol. The van der Waals surface area contributed by atoms with E-state index in [0.717, 1.165) is 22.5 Å². The Hall–Kier alpha value is -0.750. The van der Waals surface area contributed by atoms with E-state index in [1.807, 2.05) is 6.07 Å². The topological polar surface area (TPSA) is 46.2 Å². The van der Waals surface area contributed by atoms with E-state index in [1.54, 1.807) is 31.2 Å². The summed E-state index contributed by atoms with van der Waals surface area (Å²) in [5, 5.41) is 0. The van der Waals surface area contributed by atoms with Gasteiger partial charge in [0.1, 0.15) is 4.21 Å². The molecule has 1 N–H and O–H groups in total. The van der Waals surface area contributed by atoms with Gasteiger partial charge in [-0.05, 0) is 30.2 Å². The smallest absolute Gasteiger partial charge is 0.271 e. The van der Waals surface area contributed by atoms with Crippen LogP contribution in [0.15, 0.2) is 34.5 Å². The molecule has 7 heteroatoms. The Morgan fingerprint density at radius 1 is 1.32 bits per heavy atom. The molecule has 0 amide bonds. The molecule has 0 bridgehead atoms. The first kappa shape index (κ1) is 14.7. The predicted octanol–water partition coefficient (Wildman–Crippen LogP) is 4.25. The first-order valence-electron chi connectivity index (χ1n) is 5.36. The molecular weight excluding hydrogens is 325 g/mol. The average molecular weight is 336 g/mol. The van der Waals surface area contributed by atoms with Crippen LogP contribution in [-0.2, 0) is 15.9 Å². The Morgan fingerprint density at radius 3 is 2.58 bits per heavy atom. The van der Waals surface area contributed by atoms with Gasteiger partial charge >= 0.3 is 0 Å². The summed E-state index contributed by atoms with van der Waals surface area (Å²) in [6, 6.07) is 8.57. The van der Waals surface area contributed by atoms with Crippen molar-refractivity contribution in [1.29, 1.82) is 0 Å². The van der Waals surface area contributed by atoms with Gasteiger partial charge in [-0.2, -0.15) is 0 Å². The quantitative estimate of drug-likeness (QED) is 0.849. The highest BCUT2D eigenvalue weighted by Crippen LogP contribution is 2.31. The van der Waals surface area contributed by atoms with E-state index in [9.17, 15) is 8.42 Å². The van der Waals surface area contributed by atoms with Crippen molar-refractivity contribution in [1.82, 2.24) is 0 Å².